The third-order valence-electron chi connectivity index (χ3n) is 4.00. The molecule has 1 amide bonds. The maximum absolute atomic E-state index is 13.7. The number of benzene rings is 2. The molecule has 0 spiro atoms. The minimum atomic E-state index is -0.431. The van der Waals surface area contributed by atoms with Crippen molar-refractivity contribution in [1.82, 2.24) is 4.98 Å². The number of rotatable bonds is 5. The normalized spacial score (nSPS) is 9.93. The minimum Gasteiger partial charge on any atom is -0.494 e. The van der Waals surface area contributed by atoms with E-state index in [4.69, 9.17) is 4.74 Å². The summed E-state index contributed by atoms with van der Waals surface area (Å²) < 4.78 is 18.6. The van der Waals surface area contributed by atoms with Gasteiger partial charge in [0.05, 0.1) is 7.11 Å². The molecular formula is C23H19FN2O2. The number of aromatic nitrogens is 1. The van der Waals surface area contributed by atoms with Crippen LogP contribution in [0.15, 0.2) is 66.9 Å². The van der Waals surface area contributed by atoms with Gasteiger partial charge in [-0.3, -0.25) is 4.79 Å². The van der Waals surface area contributed by atoms with Crippen molar-refractivity contribution in [2.45, 2.75) is 12.8 Å². The third kappa shape index (κ3) is 5.42. The zero-order valence-corrected chi connectivity index (χ0v) is 15.4. The van der Waals surface area contributed by atoms with Crippen molar-refractivity contribution in [3.8, 4) is 17.6 Å². The van der Waals surface area contributed by atoms with E-state index in [0.717, 1.165) is 11.1 Å². The van der Waals surface area contributed by atoms with Crippen molar-refractivity contribution in [3.05, 3.63) is 89.5 Å². The van der Waals surface area contributed by atoms with Gasteiger partial charge in [0.25, 0.3) is 0 Å². The first-order chi connectivity index (χ1) is 13.6. The molecule has 0 aliphatic rings. The van der Waals surface area contributed by atoms with E-state index in [2.05, 4.69) is 22.1 Å². The Morgan fingerprint density at radius 3 is 2.75 bits per heavy atom. The quantitative estimate of drug-likeness (QED) is 0.681. The molecule has 1 aromatic heterocycles. The lowest BCUT2D eigenvalue weighted by atomic mass is 10.1. The van der Waals surface area contributed by atoms with Gasteiger partial charge in [-0.05, 0) is 60.4 Å². The molecule has 0 aliphatic heterocycles. The highest BCUT2D eigenvalue weighted by atomic mass is 19.1. The fourth-order valence-electron chi connectivity index (χ4n) is 2.59. The highest BCUT2D eigenvalue weighted by molar-refractivity contribution is 5.91. The molecule has 28 heavy (non-hydrogen) atoms. The van der Waals surface area contributed by atoms with Gasteiger partial charge in [0.15, 0.2) is 11.6 Å². The number of halogens is 1. The number of carbonyl (C=O) groups excluding carboxylic acids is 1. The number of nitrogens with zero attached hydrogens (tertiary/aromatic N) is 1. The van der Waals surface area contributed by atoms with E-state index >= 15 is 0 Å². The maximum Gasteiger partial charge on any atom is 0.224 e. The summed E-state index contributed by atoms with van der Waals surface area (Å²) in [5.74, 6) is 5.63. The Morgan fingerprint density at radius 1 is 1.11 bits per heavy atom. The molecule has 0 radical (unpaired) electrons. The fourth-order valence-corrected chi connectivity index (χ4v) is 2.59. The zero-order valence-electron chi connectivity index (χ0n) is 15.4. The number of hydrogen-bond acceptors (Lipinski definition) is 3. The molecule has 2 aromatic carbocycles. The standard InChI is InChI=1S/C23H19FN2O2/c1-28-22-12-9-18(16-21(22)24)10-13-23(27)26-20-7-4-5-17(15-20)8-11-19-6-2-3-14-25-19/h2-7,9,12,14-16H,10,13H2,1H3,(H,26,27). The summed E-state index contributed by atoms with van der Waals surface area (Å²) in [5, 5.41) is 2.85. The van der Waals surface area contributed by atoms with Crippen LogP contribution in [0.4, 0.5) is 10.1 Å². The fraction of sp³-hybridized carbons (Fsp3) is 0.130. The number of anilines is 1. The van der Waals surface area contributed by atoms with Crippen LogP contribution in [0.1, 0.15) is 23.2 Å². The van der Waals surface area contributed by atoms with Gasteiger partial charge < -0.3 is 10.1 Å². The van der Waals surface area contributed by atoms with Crippen LogP contribution < -0.4 is 10.1 Å². The first-order valence-corrected chi connectivity index (χ1v) is 8.79. The molecule has 0 bridgehead atoms. The molecule has 1 heterocycles. The molecule has 0 saturated carbocycles. The number of ether oxygens (including phenoxy) is 1. The Labute approximate surface area is 163 Å². The number of aryl methyl sites for hydroxylation is 1. The number of pyridine rings is 1. The summed E-state index contributed by atoms with van der Waals surface area (Å²) in [4.78, 5) is 16.4. The third-order valence-corrected chi connectivity index (χ3v) is 4.00. The monoisotopic (exact) mass is 374 g/mol. The van der Waals surface area contributed by atoms with Crippen LogP contribution in [-0.2, 0) is 11.2 Å². The van der Waals surface area contributed by atoms with Gasteiger partial charge in [0.2, 0.25) is 5.91 Å². The number of nitrogens with one attached hydrogen (secondary N) is 1. The number of hydrogen-bond donors (Lipinski definition) is 1. The summed E-state index contributed by atoms with van der Waals surface area (Å²) in [6, 6.07) is 17.6. The van der Waals surface area contributed by atoms with Crippen molar-refractivity contribution >= 4 is 11.6 Å². The van der Waals surface area contributed by atoms with Gasteiger partial charge in [-0.15, -0.1) is 0 Å². The molecule has 140 valence electrons. The van der Waals surface area contributed by atoms with Crippen molar-refractivity contribution in [2.75, 3.05) is 12.4 Å². The van der Waals surface area contributed by atoms with Crippen LogP contribution in [0.5, 0.6) is 5.75 Å². The number of methoxy groups -OCH3 is 1. The predicted molar refractivity (Wildman–Crippen MR) is 107 cm³/mol. The SMILES string of the molecule is COc1ccc(CCC(=O)Nc2cccc(C#Cc3ccccn3)c2)cc1F. The first-order valence-electron chi connectivity index (χ1n) is 8.79. The van der Waals surface area contributed by atoms with Gasteiger partial charge in [0, 0.05) is 23.9 Å². The zero-order chi connectivity index (χ0) is 19.8. The summed E-state index contributed by atoms with van der Waals surface area (Å²) in [6.45, 7) is 0. The van der Waals surface area contributed by atoms with E-state index in [0.29, 0.717) is 17.8 Å². The average Bonchev–Trinajstić information content (AvgIpc) is 2.72. The predicted octanol–water partition coefficient (Wildman–Crippen LogP) is 4.20. The Hall–Kier alpha value is -3.65. The van der Waals surface area contributed by atoms with Crippen molar-refractivity contribution in [2.24, 2.45) is 0 Å². The van der Waals surface area contributed by atoms with Crippen LogP contribution in [0, 0.1) is 17.7 Å². The second-order valence-corrected chi connectivity index (χ2v) is 6.06. The molecule has 0 unspecified atom stereocenters. The Kier molecular flexibility index (Phi) is 6.37. The summed E-state index contributed by atoms with van der Waals surface area (Å²) in [7, 11) is 1.42. The highest BCUT2D eigenvalue weighted by Gasteiger charge is 2.07. The maximum atomic E-state index is 13.7. The first kappa shape index (κ1) is 19.1. The molecule has 0 fully saturated rings. The lowest BCUT2D eigenvalue weighted by Gasteiger charge is -2.07. The van der Waals surface area contributed by atoms with Gasteiger partial charge in [-0.25, -0.2) is 9.37 Å². The molecule has 0 aliphatic carbocycles. The molecule has 3 aromatic rings. The number of carbonyl (C=O) groups is 1. The molecule has 5 heteroatoms. The molecule has 4 nitrogen and oxygen atoms in total. The van der Waals surface area contributed by atoms with Crippen LogP contribution in [0.25, 0.3) is 0 Å². The van der Waals surface area contributed by atoms with E-state index < -0.39 is 5.82 Å². The largest absolute Gasteiger partial charge is 0.494 e. The molecule has 0 atom stereocenters. The van der Waals surface area contributed by atoms with Crippen LogP contribution >= 0.6 is 0 Å². The van der Waals surface area contributed by atoms with E-state index in [1.165, 1.54) is 13.2 Å². The Bertz CT molecular complexity index is 1020. The summed E-state index contributed by atoms with van der Waals surface area (Å²) in [5.41, 5.74) is 2.87. The highest BCUT2D eigenvalue weighted by Crippen LogP contribution is 2.19. The Morgan fingerprint density at radius 2 is 2.00 bits per heavy atom. The van der Waals surface area contributed by atoms with Gasteiger partial charge in [-0.1, -0.05) is 24.1 Å². The number of amides is 1. The van der Waals surface area contributed by atoms with E-state index in [1.54, 1.807) is 30.5 Å². The lowest BCUT2D eigenvalue weighted by molar-refractivity contribution is -0.116. The van der Waals surface area contributed by atoms with Crippen molar-refractivity contribution < 1.29 is 13.9 Å². The minimum absolute atomic E-state index is 0.147. The Balaban J connectivity index is 1.58. The van der Waals surface area contributed by atoms with Crippen molar-refractivity contribution in [1.29, 1.82) is 0 Å². The van der Waals surface area contributed by atoms with Crippen LogP contribution in [-0.4, -0.2) is 18.0 Å². The molecular weight excluding hydrogens is 355 g/mol. The molecule has 1 N–H and O–H groups in total. The second kappa shape index (κ2) is 9.33. The smallest absolute Gasteiger partial charge is 0.224 e. The van der Waals surface area contributed by atoms with Gasteiger partial charge in [0.1, 0.15) is 5.69 Å². The molecule has 0 saturated heterocycles. The van der Waals surface area contributed by atoms with Gasteiger partial charge in [-0.2, -0.15) is 0 Å². The average molecular weight is 374 g/mol. The topological polar surface area (TPSA) is 51.2 Å². The molecule has 3 rings (SSSR count). The van der Waals surface area contributed by atoms with Crippen LogP contribution in [0.2, 0.25) is 0 Å². The van der Waals surface area contributed by atoms with E-state index in [9.17, 15) is 9.18 Å². The summed E-state index contributed by atoms with van der Waals surface area (Å²) >= 11 is 0. The summed E-state index contributed by atoms with van der Waals surface area (Å²) in [6.07, 6.45) is 2.37. The van der Waals surface area contributed by atoms with Crippen molar-refractivity contribution in [3.63, 3.8) is 0 Å². The van der Waals surface area contributed by atoms with E-state index in [-0.39, 0.29) is 18.1 Å². The lowest BCUT2D eigenvalue weighted by Crippen LogP contribution is -2.12. The van der Waals surface area contributed by atoms with E-state index in [1.807, 2.05) is 30.3 Å². The second-order valence-electron chi connectivity index (χ2n) is 6.06. The van der Waals surface area contributed by atoms with Crippen LogP contribution in [0.3, 0.4) is 0 Å². The van der Waals surface area contributed by atoms with Gasteiger partial charge >= 0.3 is 0 Å².